The molecule has 19 heavy (non-hydrogen) atoms. The minimum absolute atomic E-state index is 0.107. The number of benzene rings is 2. The lowest BCUT2D eigenvalue weighted by Gasteiger charge is -2.17. The monoisotopic (exact) mass is 281 g/mol. The van der Waals surface area contributed by atoms with Crippen molar-refractivity contribution >= 4 is 11.6 Å². The molecule has 2 rings (SSSR count). The van der Waals surface area contributed by atoms with E-state index in [1.54, 1.807) is 12.1 Å². The molecule has 4 heteroatoms. The van der Waals surface area contributed by atoms with Crippen molar-refractivity contribution in [1.29, 1.82) is 0 Å². The Kier molecular flexibility index (Phi) is 3.88. The molecule has 2 aromatic rings. The molecule has 2 N–H and O–H groups in total. The van der Waals surface area contributed by atoms with Gasteiger partial charge in [-0.3, -0.25) is 0 Å². The van der Waals surface area contributed by atoms with Crippen LogP contribution < -0.4 is 5.73 Å². The van der Waals surface area contributed by atoms with Gasteiger partial charge in [-0.25, -0.2) is 8.78 Å². The molecule has 0 heterocycles. The third kappa shape index (κ3) is 2.62. The molecule has 0 aliphatic rings. The van der Waals surface area contributed by atoms with Crippen LogP contribution in [0.1, 0.15) is 28.3 Å². The van der Waals surface area contributed by atoms with Crippen LogP contribution in [0.15, 0.2) is 30.3 Å². The SMILES string of the molecule is Cc1cc(F)c(C(N)c2cccc(C)c2Cl)cc1F. The Morgan fingerprint density at radius 3 is 2.37 bits per heavy atom. The Labute approximate surface area is 116 Å². The summed E-state index contributed by atoms with van der Waals surface area (Å²) >= 11 is 6.17. The third-order valence-corrected chi connectivity index (χ3v) is 3.69. The third-order valence-electron chi connectivity index (χ3n) is 3.17. The van der Waals surface area contributed by atoms with Gasteiger partial charge in [0.25, 0.3) is 0 Å². The average molecular weight is 282 g/mol. The van der Waals surface area contributed by atoms with Crippen molar-refractivity contribution in [3.05, 3.63) is 69.2 Å². The zero-order valence-corrected chi connectivity index (χ0v) is 11.4. The molecule has 100 valence electrons. The Bertz CT molecular complexity index is 626. The summed E-state index contributed by atoms with van der Waals surface area (Å²) in [5, 5.41) is 0.482. The van der Waals surface area contributed by atoms with Crippen molar-refractivity contribution in [3.63, 3.8) is 0 Å². The number of hydrogen-bond donors (Lipinski definition) is 1. The van der Waals surface area contributed by atoms with E-state index in [1.165, 1.54) is 6.92 Å². The van der Waals surface area contributed by atoms with Gasteiger partial charge in [-0.05, 0) is 42.7 Å². The number of nitrogens with two attached hydrogens (primary N) is 1. The van der Waals surface area contributed by atoms with E-state index in [4.69, 9.17) is 17.3 Å². The number of rotatable bonds is 2. The van der Waals surface area contributed by atoms with Gasteiger partial charge in [0.1, 0.15) is 11.6 Å². The maximum atomic E-state index is 13.9. The molecule has 2 aromatic carbocycles. The van der Waals surface area contributed by atoms with E-state index in [2.05, 4.69) is 0 Å². The van der Waals surface area contributed by atoms with Crippen molar-refractivity contribution in [2.24, 2.45) is 5.73 Å². The van der Waals surface area contributed by atoms with Crippen molar-refractivity contribution in [2.75, 3.05) is 0 Å². The van der Waals surface area contributed by atoms with E-state index in [0.717, 1.165) is 17.7 Å². The van der Waals surface area contributed by atoms with Gasteiger partial charge in [-0.1, -0.05) is 29.8 Å². The quantitative estimate of drug-likeness (QED) is 0.873. The molecule has 0 saturated heterocycles. The van der Waals surface area contributed by atoms with E-state index in [-0.39, 0.29) is 11.1 Å². The fraction of sp³-hybridized carbons (Fsp3) is 0.200. The lowest BCUT2D eigenvalue weighted by Crippen LogP contribution is -2.15. The first-order chi connectivity index (χ1) is 8.91. The van der Waals surface area contributed by atoms with Gasteiger partial charge in [-0.2, -0.15) is 0 Å². The van der Waals surface area contributed by atoms with Crippen LogP contribution >= 0.6 is 11.6 Å². The molecule has 0 bridgehead atoms. The van der Waals surface area contributed by atoms with Crippen LogP contribution in [0.4, 0.5) is 8.78 Å². The van der Waals surface area contributed by atoms with Gasteiger partial charge in [0, 0.05) is 10.6 Å². The van der Waals surface area contributed by atoms with Crippen LogP contribution in [0, 0.1) is 25.5 Å². The van der Waals surface area contributed by atoms with Crippen molar-refractivity contribution in [1.82, 2.24) is 0 Å². The predicted octanol–water partition coefficient (Wildman–Crippen LogP) is 4.28. The highest BCUT2D eigenvalue weighted by atomic mass is 35.5. The lowest BCUT2D eigenvalue weighted by molar-refractivity contribution is 0.570. The molecule has 0 spiro atoms. The molecule has 0 aliphatic heterocycles. The Morgan fingerprint density at radius 1 is 1.00 bits per heavy atom. The second kappa shape index (κ2) is 5.27. The molecular weight excluding hydrogens is 268 g/mol. The van der Waals surface area contributed by atoms with E-state index < -0.39 is 17.7 Å². The molecule has 0 saturated carbocycles. The van der Waals surface area contributed by atoms with Gasteiger partial charge in [-0.15, -0.1) is 0 Å². The van der Waals surface area contributed by atoms with E-state index >= 15 is 0 Å². The molecular formula is C15H14ClF2N. The minimum atomic E-state index is -0.789. The second-order valence-electron chi connectivity index (χ2n) is 4.58. The lowest BCUT2D eigenvalue weighted by atomic mass is 9.96. The summed E-state index contributed by atoms with van der Waals surface area (Å²) < 4.78 is 27.5. The second-order valence-corrected chi connectivity index (χ2v) is 4.96. The molecule has 1 atom stereocenters. The van der Waals surface area contributed by atoms with Crippen molar-refractivity contribution < 1.29 is 8.78 Å². The van der Waals surface area contributed by atoms with Gasteiger partial charge >= 0.3 is 0 Å². The Hall–Kier alpha value is -1.45. The first-order valence-electron chi connectivity index (χ1n) is 5.88. The standard InChI is InChI=1S/C15H14ClF2N/c1-8-4-3-5-10(14(8)16)15(19)11-7-12(17)9(2)6-13(11)18/h3-7,15H,19H2,1-2H3. The molecule has 1 nitrogen and oxygen atoms in total. The predicted molar refractivity (Wildman–Crippen MR) is 73.3 cm³/mol. The van der Waals surface area contributed by atoms with E-state index in [1.807, 2.05) is 13.0 Å². The largest absolute Gasteiger partial charge is 0.320 e. The fourth-order valence-electron chi connectivity index (χ4n) is 1.98. The molecule has 0 radical (unpaired) electrons. The number of aryl methyl sites for hydroxylation is 2. The first kappa shape index (κ1) is 14.0. The van der Waals surface area contributed by atoms with Gasteiger partial charge in [0.2, 0.25) is 0 Å². The zero-order valence-electron chi connectivity index (χ0n) is 10.7. The van der Waals surface area contributed by atoms with E-state index in [9.17, 15) is 8.78 Å². The molecule has 0 amide bonds. The highest BCUT2D eigenvalue weighted by molar-refractivity contribution is 6.32. The van der Waals surface area contributed by atoms with Gasteiger partial charge in [0.15, 0.2) is 0 Å². The fourth-order valence-corrected chi connectivity index (χ4v) is 2.22. The maximum absolute atomic E-state index is 13.9. The maximum Gasteiger partial charge on any atom is 0.128 e. The minimum Gasteiger partial charge on any atom is -0.320 e. The summed E-state index contributed by atoms with van der Waals surface area (Å²) in [6.45, 7) is 3.35. The highest BCUT2D eigenvalue weighted by Gasteiger charge is 2.18. The smallest absolute Gasteiger partial charge is 0.128 e. The number of halogens is 3. The average Bonchev–Trinajstić information content (AvgIpc) is 2.36. The van der Waals surface area contributed by atoms with E-state index in [0.29, 0.717) is 10.6 Å². The summed E-state index contributed by atoms with van der Waals surface area (Å²) in [6.07, 6.45) is 0. The van der Waals surface area contributed by atoms with Crippen LogP contribution in [0.25, 0.3) is 0 Å². The van der Waals surface area contributed by atoms with Crippen LogP contribution in [0.2, 0.25) is 5.02 Å². The topological polar surface area (TPSA) is 26.0 Å². The summed E-state index contributed by atoms with van der Waals surface area (Å²) in [6, 6.07) is 6.84. The molecule has 1 unspecified atom stereocenters. The van der Waals surface area contributed by atoms with Gasteiger partial charge < -0.3 is 5.73 Å². The number of hydrogen-bond acceptors (Lipinski definition) is 1. The summed E-state index contributed by atoms with van der Waals surface area (Å²) in [7, 11) is 0. The van der Waals surface area contributed by atoms with Crippen molar-refractivity contribution in [3.8, 4) is 0 Å². The Morgan fingerprint density at radius 2 is 1.68 bits per heavy atom. The summed E-state index contributed by atoms with van der Waals surface area (Å²) in [5.74, 6) is -1.00. The first-order valence-corrected chi connectivity index (χ1v) is 6.25. The molecule has 0 aliphatic carbocycles. The summed E-state index contributed by atoms with van der Waals surface area (Å²) in [5.41, 5.74) is 7.81. The molecule has 0 aromatic heterocycles. The normalized spacial score (nSPS) is 12.5. The zero-order chi connectivity index (χ0) is 14.2. The van der Waals surface area contributed by atoms with Crippen molar-refractivity contribution in [2.45, 2.75) is 19.9 Å². The highest BCUT2D eigenvalue weighted by Crippen LogP contribution is 2.30. The van der Waals surface area contributed by atoms with Gasteiger partial charge in [0.05, 0.1) is 6.04 Å². The molecule has 0 fully saturated rings. The van der Waals surface area contributed by atoms with Crippen LogP contribution in [0.5, 0.6) is 0 Å². The van der Waals surface area contributed by atoms with Crippen LogP contribution in [-0.2, 0) is 0 Å². The Balaban J connectivity index is 2.53. The van der Waals surface area contributed by atoms with Crippen LogP contribution in [-0.4, -0.2) is 0 Å². The summed E-state index contributed by atoms with van der Waals surface area (Å²) in [4.78, 5) is 0. The van der Waals surface area contributed by atoms with Crippen LogP contribution in [0.3, 0.4) is 0 Å².